The van der Waals surface area contributed by atoms with E-state index in [9.17, 15) is 15.3 Å². The van der Waals surface area contributed by atoms with Crippen molar-refractivity contribution in [3.8, 4) is 0 Å². The number of aromatic nitrogens is 2. The lowest BCUT2D eigenvalue weighted by molar-refractivity contribution is 0.0830. The van der Waals surface area contributed by atoms with Gasteiger partial charge in [-0.1, -0.05) is 13.8 Å². The van der Waals surface area contributed by atoms with Crippen molar-refractivity contribution in [3.63, 3.8) is 0 Å². The lowest BCUT2D eigenvalue weighted by atomic mass is 10.0. The first-order valence-corrected chi connectivity index (χ1v) is 7.16. The Labute approximate surface area is 125 Å². The molecular weight excluding hydrogens is 272 g/mol. The average Bonchev–Trinajstić information content (AvgIpc) is 2.48. The zero-order chi connectivity index (χ0) is 16.0. The fourth-order valence-corrected chi connectivity index (χ4v) is 1.77. The molecule has 5 N–H and O–H groups in total. The van der Waals surface area contributed by atoms with Crippen LogP contribution in [0.4, 0.5) is 11.6 Å². The summed E-state index contributed by atoms with van der Waals surface area (Å²) < 4.78 is 0. The maximum Gasteiger partial charge on any atom is 0.135 e. The molecule has 0 fully saturated rings. The van der Waals surface area contributed by atoms with Crippen molar-refractivity contribution < 1.29 is 15.3 Å². The smallest absolute Gasteiger partial charge is 0.135 e. The van der Waals surface area contributed by atoms with Crippen LogP contribution in [0.15, 0.2) is 0 Å². The van der Waals surface area contributed by atoms with E-state index >= 15 is 0 Å². The summed E-state index contributed by atoms with van der Waals surface area (Å²) in [4.78, 5) is 8.93. The van der Waals surface area contributed by atoms with E-state index in [4.69, 9.17) is 0 Å². The van der Waals surface area contributed by atoms with E-state index in [-0.39, 0.29) is 5.92 Å². The molecule has 0 radical (unpaired) electrons. The van der Waals surface area contributed by atoms with E-state index in [0.717, 1.165) is 12.1 Å². The maximum absolute atomic E-state index is 9.44. The molecule has 0 unspecified atom stereocenters. The molecular formula is C14H26N4O3. The van der Waals surface area contributed by atoms with Crippen molar-refractivity contribution in [1.82, 2.24) is 9.97 Å². The average molecular weight is 298 g/mol. The Hall–Kier alpha value is -1.44. The highest BCUT2D eigenvalue weighted by Crippen LogP contribution is 2.25. The summed E-state index contributed by atoms with van der Waals surface area (Å²) in [6.45, 7) is 7.30. The number of aliphatic hydroxyl groups is 3. The fraction of sp³-hybridized carbons (Fsp3) is 0.714. The molecule has 21 heavy (non-hydrogen) atoms. The summed E-state index contributed by atoms with van der Waals surface area (Å²) >= 11 is 0. The van der Waals surface area contributed by atoms with Gasteiger partial charge in [-0.3, -0.25) is 0 Å². The van der Waals surface area contributed by atoms with Gasteiger partial charge in [0.1, 0.15) is 23.0 Å². The third kappa shape index (κ3) is 4.03. The molecule has 0 aliphatic rings. The van der Waals surface area contributed by atoms with Crippen molar-refractivity contribution in [1.29, 1.82) is 0 Å². The van der Waals surface area contributed by atoms with E-state index in [1.807, 2.05) is 27.7 Å². The number of aliphatic hydroxyl groups excluding tert-OH is 3. The number of nitrogens with one attached hydrogen (secondary N) is 2. The number of hydrogen-bond acceptors (Lipinski definition) is 7. The predicted octanol–water partition coefficient (Wildman–Crippen LogP) is 0.468. The summed E-state index contributed by atoms with van der Waals surface area (Å²) in [5.41, 5.74) is -0.433. The lowest BCUT2D eigenvalue weighted by Gasteiger charge is -2.30. The zero-order valence-corrected chi connectivity index (χ0v) is 13.1. The normalized spacial score (nSPS) is 11.8. The van der Waals surface area contributed by atoms with Gasteiger partial charge in [0.25, 0.3) is 0 Å². The minimum atomic E-state index is -1.21. The Kier molecular flexibility index (Phi) is 6.32. The van der Waals surface area contributed by atoms with Crippen molar-refractivity contribution >= 4 is 11.6 Å². The van der Waals surface area contributed by atoms with Gasteiger partial charge >= 0.3 is 0 Å². The molecule has 1 rings (SSSR count). The zero-order valence-electron chi connectivity index (χ0n) is 13.1. The largest absolute Gasteiger partial charge is 0.394 e. The number of hydrogen-bond donors (Lipinski definition) is 5. The second kappa shape index (κ2) is 7.53. The number of rotatable bonds is 8. The number of nitrogens with zero attached hydrogens (tertiary/aromatic N) is 2. The summed E-state index contributed by atoms with van der Waals surface area (Å²) in [5.74, 6) is 2.00. The first-order valence-electron chi connectivity index (χ1n) is 7.16. The van der Waals surface area contributed by atoms with Crippen LogP contribution in [0.25, 0.3) is 0 Å². The van der Waals surface area contributed by atoms with Gasteiger partial charge in [-0.05, 0) is 13.8 Å². The van der Waals surface area contributed by atoms with Gasteiger partial charge in [-0.15, -0.1) is 0 Å². The molecule has 0 saturated carbocycles. The summed E-state index contributed by atoms with van der Waals surface area (Å²) in [7, 11) is 0. The van der Waals surface area contributed by atoms with Crippen LogP contribution in [0.2, 0.25) is 0 Å². The molecule has 7 heteroatoms. The third-order valence-electron chi connectivity index (χ3n) is 3.32. The molecule has 1 heterocycles. The van der Waals surface area contributed by atoms with Gasteiger partial charge in [0.05, 0.1) is 19.8 Å². The Balaban J connectivity index is 3.26. The second-order valence-corrected chi connectivity index (χ2v) is 5.47. The van der Waals surface area contributed by atoms with Crippen molar-refractivity contribution in [2.75, 3.05) is 37.0 Å². The highest BCUT2D eigenvalue weighted by atomic mass is 16.3. The van der Waals surface area contributed by atoms with Crippen molar-refractivity contribution in [2.24, 2.45) is 0 Å². The van der Waals surface area contributed by atoms with Gasteiger partial charge in [0.15, 0.2) is 0 Å². The Morgan fingerprint density at radius 1 is 1.05 bits per heavy atom. The van der Waals surface area contributed by atoms with Crippen LogP contribution in [-0.2, 0) is 0 Å². The van der Waals surface area contributed by atoms with Gasteiger partial charge in [-0.25, -0.2) is 9.97 Å². The van der Waals surface area contributed by atoms with E-state index in [1.54, 1.807) is 0 Å². The quantitative estimate of drug-likeness (QED) is 0.474. The minimum absolute atomic E-state index is 0.135. The Morgan fingerprint density at radius 2 is 1.57 bits per heavy atom. The first kappa shape index (κ1) is 17.6. The van der Waals surface area contributed by atoms with Gasteiger partial charge < -0.3 is 26.0 Å². The Morgan fingerprint density at radius 3 is 2.00 bits per heavy atom. The summed E-state index contributed by atoms with van der Waals surface area (Å²) in [5, 5.41) is 34.5. The van der Waals surface area contributed by atoms with Gasteiger partial charge in [-0.2, -0.15) is 0 Å². The second-order valence-electron chi connectivity index (χ2n) is 5.47. The van der Waals surface area contributed by atoms with Gasteiger partial charge in [0, 0.05) is 18.0 Å². The Bertz CT molecular complexity index is 454. The standard InChI is InChI=1S/C14H26N4O3/c1-5-15-12-10(4)13(17-11(16-12)9(2)3)18-14(6-19,7-20)8-21/h9,19-21H,5-8H2,1-4H3,(H2,15,16,17,18). The topological polar surface area (TPSA) is 111 Å². The number of anilines is 2. The van der Waals surface area contributed by atoms with Crippen LogP contribution in [0.1, 0.15) is 38.1 Å². The molecule has 120 valence electrons. The first-order chi connectivity index (χ1) is 9.92. The lowest BCUT2D eigenvalue weighted by Crippen LogP contribution is -2.49. The van der Waals surface area contributed by atoms with E-state index < -0.39 is 25.4 Å². The molecule has 0 bridgehead atoms. The van der Waals surface area contributed by atoms with Crippen molar-refractivity contribution in [2.45, 2.75) is 39.2 Å². The van der Waals surface area contributed by atoms with E-state index in [1.165, 1.54) is 0 Å². The molecule has 1 aromatic heterocycles. The monoisotopic (exact) mass is 298 g/mol. The molecule has 0 atom stereocenters. The summed E-state index contributed by atoms with van der Waals surface area (Å²) in [6, 6.07) is 0. The fourth-order valence-electron chi connectivity index (χ4n) is 1.77. The molecule has 0 aliphatic heterocycles. The molecule has 0 amide bonds. The predicted molar refractivity (Wildman–Crippen MR) is 82.6 cm³/mol. The SMILES string of the molecule is CCNc1nc(C(C)C)nc(NC(CO)(CO)CO)c1C. The van der Waals surface area contributed by atoms with Crippen LogP contribution in [0.3, 0.4) is 0 Å². The molecule has 0 aliphatic carbocycles. The third-order valence-corrected chi connectivity index (χ3v) is 3.32. The minimum Gasteiger partial charge on any atom is -0.394 e. The molecule has 0 spiro atoms. The summed E-state index contributed by atoms with van der Waals surface area (Å²) in [6.07, 6.45) is 0. The molecule has 0 aromatic carbocycles. The van der Waals surface area contributed by atoms with Crippen molar-refractivity contribution in [3.05, 3.63) is 11.4 Å². The molecule has 7 nitrogen and oxygen atoms in total. The van der Waals surface area contributed by atoms with E-state index in [2.05, 4.69) is 20.6 Å². The van der Waals surface area contributed by atoms with Crippen LogP contribution < -0.4 is 10.6 Å². The molecule has 1 aromatic rings. The molecule has 0 saturated heterocycles. The highest BCUT2D eigenvalue weighted by molar-refractivity contribution is 5.58. The highest BCUT2D eigenvalue weighted by Gasteiger charge is 2.29. The van der Waals surface area contributed by atoms with Crippen LogP contribution >= 0.6 is 0 Å². The van der Waals surface area contributed by atoms with Crippen LogP contribution in [0.5, 0.6) is 0 Å². The van der Waals surface area contributed by atoms with Gasteiger partial charge in [0.2, 0.25) is 0 Å². The van der Waals surface area contributed by atoms with Crippen LogP contribution in [-0.4, -0.2) is 57.2 Å². The maximum atomic E-state index is 9.44. The van der Waals surface area contributed by atoms with E-state index in [0.29, 0.717) is 17.5 Å². The van der Waals surface area contributed by atoms with Crippen LogP contribution in [0, 0.1) is 6.92 Å².